The number of hydrogen-bond donors (Lipinski definition) is 2. The van der Waals surface area contributed by atoms with Gasteiger partial charge in [-0.15, -0.1) is 0 Å². The topological polar surface area (TPSA) is 90.0 Å². The SMILES string of the molecule is NC(=O)c1ccc(NC(=O)C=Cc2cnn(Cc3ccccc3)c2)cc1. The number of nitrogens with zero attached hydrogens (tertiary/aromatic N) is 2. The van der Waals surface area contributed by atoms with Gasteiger partial charge in [-0.1, -0.05) is 30.3 Å². The Morgan fingerprint density at radius 3 is 2.50 bits per heavy atom. The molecule has 0 radical (unpaired) electrons. The van der Waals surface area contributed by atoms with Crippen molar-refractivity contribution in [3.8, 4) is 0 Å². The number of carbonyl (C=O) groups is 2. The normalized spacial score (nSPS) is 10.8. The van der Waals surface area contributed by atoms with Gasteiger partial charge in [0.25, 0.3) is 0 Å². The second kappa shape index (κ2) is 7.94. The minimum Gasteiger partial charge on any atom is -0.366 e. The van der Waals surface area contributed by atoms with E-state index in [1.807, 2.05) is 41.2 Å². The monoisotopic (exact) mass is 346 g/mol. The van der Waals surface area contributed by atoms with E-state index in [2.05, 4.69) is 10.4 Å². The molecule has 0 spiro atoms. The molecule has 130 valence electrons. The molecule has 6 heteroatoms. The smallest absolute Gasteiger partial charge is 0.248 e. The fourth-order valence-electron chi connectivity index (χ4n) is 2.40. The first-order valence-corrected chi connectivity index (χ1v) is 8.05. The maximum absolute atomic E-state index is 12.0. The second-order valence-electron chi connectivity index (χ2n) is 5.72. The number of benzene rings is 2. The zero-order chi connectivity index (χ0) is 18.4. The molecule has 0 aliphatic carbocycles. The van der Waals surface area contributed by atoms with E-state index in [0.29, 0.717) is 17.8 Å². The molecule has 0 atom stereocenters. The van der Waals surface area contributed by atoms with Crippen molar-refractivity contribution in [3.63, 3.8) is 0 Å². The predicted octanol–water partition coefficient (Wildman–Crippen LogP) is 2.68. The van der Waals surface area contributed by atoms with Crippen LogP contribution in [0.3, 0.4) is 0 Å². The number of hydrogen-bond acceptors (Lipinski definition) is 3. The zero-order valence-corrected chi connectivity index (χ0v) is 14.0. The lowest BCUT2D eigenvalue weighted by atomic mass is 10.2. The van der Waals surface area contributed by atoms with Crippen LogP contribution >= 0.6 is 0 Å². The minimum atomic E-state index is -0.504. The average molecular weight is 346 g/mol. The largest absolute Gasteiger partial charge is 0.366 e. The summed E-state index contributed by atoms with van der Waals surface area (Å²) in [5.74, 6) is -0.775. The third-order valence-corrected chi connectivity index (χ3v) is 3.70. The highest BCUT2D eigenvalue weighted by molar-refractivity contribution is 6.02. The van der Waals surface area contributed by atoms with Gasteiger partial charge in [-0.05, 0) is 35.9 Å². The number of amides is 2. The van der Waals surface area contributed by atoms with E-state index in [1.165, 1.54) is 6.08 Å². The van der Waals surface area contributed by atoms with E-state index in [4.69, 9.17) is 5.73 Å². The lowest BCUT2D eigenvalue weighted by molar-refractivity contribution is -0.111. The van der Waals surface area contributed by atoms with Crippen LogP contribution in [0.5, 0.6) is 0 Å². The van der Waals surface area contributed by atoms with Crippen molar-refractivity contribution in [1.82, 2.24) is 9.78 Å². The number of anilines is 1. The Morgan fingerprint density at radius 2 is 1.81 bits per heavy atom. The van der Waals surface area contributed by atoms with E-state index in [0.717, 1.165) is 11.1 Å². The van der Waals surface area contributed by atoms with Gasteiger partial charge in [-0.25, -0.2) is 0 Å². The Balaban J connectivity index is 1.57. The van der Waals surface area contributed by atoms with Crippen molar-refractivity contribution < 1.29 is 9.59 Å². The summed E-state index contributed by atoms with van der Waals surface area (Å²) in [6, 6.07) is 16.4. The quantitative estimate of drug-likeness (QED) is 0.672. The van der Waals surface area contributed by atoms with Crippen LogP contribution in [-0.2, 0) is 11.3 Å². The van der Waals surface area contributed by atoms with E-state index in [-0.39, 0.29) is 5.91 Å². The summed E-state index contributed by atoms with van der Waals surface area (Å²) in [6.45, 7) is 0.674. The van der Waals surface area contributed by atoms with Crippen LogP contribution in [0.4, 0.5) is 5.69 Å². The third kappa shape index (κ3) is 4.67. The van der Waals surface area contributed by atoms with Gasteiger partial charge in [-0.2, -0.15) is 5.10 Å². The molecule has 6 nitrogen and oxygen atoms in total. The molecule has 0 aliphatic rings. The molecule has 2 amide bonds. The molecule has 0 aliphatic heterocycles. The molecule has 26 heavy (non-hydrogen) atoms. The molecule has 3 N–H and O–H groups in total. The molecule has 0 bridgehead atoms. The highest BCUT2D eigenvalue weighted by atomic mass is 16.1. The van der Waals surface area contributed by atoms with Gasteiger partial charge in [0, 0.05) is 29.1 Å². The molecule has 0 fully saturated rings. The van der Waals surface area contributed by atoms with Crippen molar-refractivity contribution in [1.29, 1.82) is 0 Å². The Kier molecular flexibility index (Phi) is 5.24. The van der Waals surface area contributed by atoms with Crippen molar-refractivity contribution in [3.05, 3.63) is 89.8 Å². The number of primary amides is 1. The van der Waals surface area contributed by atoms with Gasteiger partial charge in [-0.3, -0.25) is 14.3 Å². The molecule has 0 unspecified atom stereocenters. The molecule has 1 heterocycles. The Bertz CT molecular complexity index is 928. The van der Waals surface area contributed by atoms with Crippen LogP contribution in [0.25, 0.3) is 6.08 Å². The molecular weight excluding hydrogens is 328 g/mol. The maximum atomic E-state index is 12.0. The summed E-state index contributed by atoms with van der Waals surface area (Å²) >= 11 is 0. The first-order chi connectivity index (χ1) is 12.6. The Labute approximate surface area is 151 Å². The summed E-state index contributed by atoms with van der Waals surface area (Å²) < 4.78 is 1.81. The lowest BCUT2D eigenvalue weighted by Crippen LogP contribution is -2.11. The summed E-state index contributed by atoms with van der Waals surface area (Å²) in [4.78, 5) is 23.0. The van der Waals surface area contributed by atoms with Crippen LogP contribution in [0.15, 0.2) is 73.1 Å². The number of carbonyl (C=O) groups excluding carboxylic acids is 2. The standard InChI is InChI=1S/C20H18N4O2/c21-20(26)17-7-9-18(10-8-17)23-19(25)11-6-16-12-22-24(14-16)13-15-4-2-1-3-5-15/h1-12,14H,13H2,(H2,21,26)(H,23,25). The number of nitrogens with one attached hydrogen (secondary N) is 1. The average Bonchev–Trinajstić information content (AvgIpc) is 3.09. The van der Waals surface area contributed by atoms with Gasteiger partial charge < -0.3 is 11.1 Å². The first-order valence-electron chi connectivity index (χ1n) is 8.05. The van der Waals surface area contributed by atoms with Crippen LogP contribution < -0.4 is 11.1 Å². The van der Waals surface area contributed by atoms with Crippen molar-refractivity contribution in [2.75, 3.05) is 5.32 Å². The third-order valence-electron chi connectivity index (χ3n) is 3.70. The highest BCUT2D eigenvalue weighted by Crippen LogP contribution is 2.10. The van der Waals surface area contributed by atoms with Crippen molar-refractivity contribution in [2.45, 2.75) is 6.54 Å². The molecule has 3 rings (SSSR count). The maximum Gasteiger partial charge on any atom is 0.248 e. The van der Waals surface area contributed by atoms with Crippen LogP contribution in [0.2, 0.25) is 0 Å². The van der Waals surface area contributed by atoms with E-state index in [1.54, 1.807) is 36.5 Å². The molecule has 1 aromatic heterocycles. The first kappa shape index (κ1) is 17.2. The van der Waals surface area contributed by atoms with Gasteiger partial charge >= 0.3 is 0 Å². The van der Waals surface area contributed by atoms with Gasteiger partial charge in [0.15, 0.2) is 0 Å². The predicted molar refractivity (Wildman–Crippen MR) is 100 cm³/mol. The minimum absolute atomic E-state index is 0.271. The van der Waals surface area contributed by atoms with Crippen molar-refractivity contribution in [2.24, 2.45) is 5.73 Å². The Morgan fingerprint density at radius 1 is 1.08 bits per heavy atom. The van der Waals surface area contributed by atoms with E-state index < -0.39 is 5.91 Å². The fraction of sp³-hybridized carbons (Fsp3) is 0.0500. The summed E-state index contributed by atoms with van der Waals surface area (Å²) in [5.41, 5.74) is 8.15. The zero-order valence-electron chi connectivity index (χ0n) is 14.0. The molecule has 0 saturated carbocycles. The molecule has 0 saturated heterocycles. The van der Waals surface area contributed by atoms with Gasteiger partial charge in [0.1, 0.15) is 0 Å². The molecule has 3 aromatic rings. The summed E-state index contributed by atoms with van der Waals surface area (Å²) in [6.07, 6.45) is 6.71. The molecule has 2 aromatic carbocycles. The molecular formula is C20H18N4O2. The number of nitrogens with two attached hydrogens (primary N) is 1. The van der Waals surface area contributed by atoms with E-state index in [9.17, 15) is 9.59 Å². The highest BCUT2D eigenvalue weighted by Gasteiger charge is 2.02. The van der Waals surface area contributed by atoms with Crippen LogP contribution in [-0.4, -0.2) is 21.6 Å². The van der Waals surface area contributed by atoms with Crippen LogP contribution in [0.1, 0.15) is 21.5 Å². The second-order valence-corrected chi connectivity index (χ2v) is 5.72. The fourth-order valence-corrected chi connectivity index (χ4v) is 2.40. The van der Waals surface area contributed by atoms with Gasteiger partial charge in [0.2, 0.25) is 11.8 Å². The summed E-state index contributed by atoms with van der Waals surface area (Å²) in [5, 5.41) is 7.01. The Hall–Kier alpha value is -3.67. The van der Waals surface area contributed by atoms with E-state index >= 15 is 0 Å². The lowest BCUT2D eigenvalue weighted by Gasteiger charge is -2.02. The number of aromatic nitrogens is 2. The van der Waals surface area contributed by atoms with Crippen molar-refractivity contribution >= 4 is 23.6 Å². The number of rotatable bonds is 6. The van der Waals surface area contributed by atoms with Gasteiger partial charge in [0.05, 0.1) is 12.7 Å². The summed E-state index contributed by atoms with van der Waals surface area (Å²) in [7, 11) is 0. The van der Waals surface area contributed by atoms with Crippen LogP contribution in [0, 0.1) is 0 Å².